The molecule has 0 aliphatic heterocycles. The molecule has 1 aromatic carbocycles. The molecule has 20 heavy (non-hydrogen) atoms. The Bertz CT molecular complexity index is 613. The Balaban J connectivity index is 2.73. The smallest absolute Gasteiger partial charge is 0.269 e. The highest BCUT2D eigenvalue weighted by molar-refractivity contribution is 6.39. The Morgan fingerprint density at radius 1 is 1.15 bits per heavy atom. The average Bonchev–Trinajstić information content (AvgIpc) is 2.73. The quantitative estimate of drug-likeness (QED) is 0.718. The summed E-state index contributed by atoms with van der Waals surface area (Å²) in [5, 5.41) is 4.27. The summed E-state index contributed by atoms with van der Waals surface area (Å²) in [7, 11) is 0. The second kappa shape index (κ2) is 5.30. The number of aromatic nitrogens is 2. The minimum atomic E-state index is -4.52. The SMILES string of the molecule is CC(C)n1cc(C(F)(F)F)c(-c2c(Cl)cccc2Cl)n1. The van der Waals surface area contributed by atoms with Gasteiger partial charge in [-0.05, 0) is 26.0 Å². The molecular weight excluding hydrogens is 312 g/mol. The second-order valence-electron chi connectivity index (χ2n) is 4.56. The molecule has 1 aromatic heterocycles. The summed E-state index contributed by atoms with van der Waals surface area (Å²) in [6.07, 6.45) is -3.55. The van der Waals surface area contributed by atoms with Crippen LogP contribution in [0.15, 0.2) is 24.4 Å². The molecule has 0 aliphatic rings. The van der Waals surface area contributed by atoms with Gasteiger partial charge in [-0.2, -0.15) is 18.3 Å². The summed E-state index contributed by atoms with van der Waals surface area (Å²) < 4.78 is 40.7. The monoisotopic (exact) mass is 322 g/mol. The van der Waals surface area contributed by atoms with Gasteiger partial charge in [0.15, 0.2) is 0 Å². The van der Waals surface area contributed by atoms with Gasteiger partial charge in [0.2, 0.25) is 0 Å². The first-order chi connectivity index (χ1) is 9.21. The molecule has 1 heterocycles. The summed E-state index contributed by atoms with van der Waals surface area (Å²) in [6.45, 7) is 3.48. The Labute approximate surface area is 124 Å². The van der Waals surface area contributed by atoms with Crippen LogP contribution in [0.1, 0.15) is 25.5 Å². The summed E-state index contributed by atoms with van der Waals surface area (Å²) in [5.41, 5.74) is -0.995. The molecule has 2 nitrogen and oxygen atoms in total. The predicted molar refractivity (Wildman–Crippen MR) is 73.1 cm³/mol. The van der Waals surface area contributed by atoms with Crippen LogP contribution < -0.4 is 0 Å². The largest absolute Gasteiger partial charge is 0.420 e. The van der Waals surface area contributed by atoms with Gasteiger partial charge >= 0.3 is 6.18 Å². The Hall–Kier alpha value is -1.20. The fourth-order valence-corrected chi connectivity index (χ4v) is 2.35. The summed E-state index contributed by atoms with van der Waals surface area (Å²) in [5.74, 6) is 0. The normalized spacial score (nSPS) is 12.2. The minimum Gasteiger partial charge on any atom is -0.269 e. The number of hydrogen-bond donors (Lipinski definition) is 0. The third-order valence-electron chi connectivity index (χ3n) is 2.77. The molecule has 0 spiro atoms. The van der Waals surface area contributed by atoms with Crippen molar-refractivity contribution in [2.45, 2.75) is 26.1 Å². The summed E-state index contributed by atoms with van der Waals surface area (Å²) in [6, 6.07) is 4.33. The molecule has 0 saturated heterocycles. The van der Waals surface area contributed by atoms with Crippen molar-refractivity contribution in [1.82, 2.24) is 9.78 Å². The lowest BCUT2D eigenvalue weighted by Crippen LogP contribution is -2.05. The Kier molecular flexibility index (Phi) is 4.02. The van der Waals surface area contributed by atoms with Gasteiger partial charge < -0.3 is 0 Å². The first kappa shape index (κ1) is 15.2. The highest BCUT2D eigenvalue weighted by atomic mass is 35.5. The summed E-state index contributed by atoms with van der Waals surface area (Å²) >= 11 is 11.9. The molecule has 2 rings (SSSR count). The van der Waals surface area contributed by atoms with Crippen molar-refractivity contribution < 1.29 is 13.2 Å². The van der Waals surface area contributed by atoms with Gasteiger partial charge in [0.1, 0.15) is 11.3 Å². The molecule has 0 atom stereocenters. The number of alkyl halides is 3. The lowest BCUT2D eigenvalue weighted by atomic mass is 10.1. The number of halogens is 5. The van der Waals surface area contributed by atoms with E-state index in [1.807, 2.05) is 0 Å². The summed E-state index contributed by atoms with van der Waals surface area (Å²) in [4.78, 5) is 0. The Morgan fingerprint density at radius 3 is 2.15 bits per heavy atom. The zero-order valence-corrected chi connectivity index (χ0v) is 12.2. The van der Waals surface area contributed by atoms with Gasteiger partial charge in [-0.1, -0.05) is 29.3 Å². The van der Waals surface area contributed by atoms with Gasteiger partial charge in [-0.3, -0.25) is 4.68 Å². The minimum absolute atomic E-state index is 0.0996. The van der Waals surface area contributed by atoms with Crippen LogP contribution in [0.25, 0.3) is 11.3 Å². The lowest BCUT2D eigenvalue weighted by molar-refractivity contribution is -0.137. The number of hydrogen-bond acceptors (Lipinski definition) is 1. The van der Waals surface area contributed by atoms with E-state index in [0.717, 1.165) is 6.20 Å². The van der Waals surface area contributed by atoms with Crippen LogP contribution in [0, 0.1) is 0 Å². The first-order valence-corrected chi connectivity index (χ1v) is 6.58. The van der Waals surface area contributed by atoms with Crippen molar-refractivity contribution in [2.24, 2.45) is 0 Å². The highest BCUT2D eigenvalue weighted by Crippen LogP contribution is 2.41. The van der Waals surface area contributed by atoms with E-state index in [4.69, 9.17) is 23.2 Å². The van der Waals surface area contributed by atoms with Gasteiger partial charge in [-0.15, -0.1) is 0 Å². The molecular formula is C13H11Cl2F3N2. The molecule has 7 heteroatoms. The van der Waals surface area contributed by atoms with E-state index in [0.29, 0.717) is 0 Å². The topological polar surface area (TPSA) is 17.8 Å². The van der Waals surface area contributed by atoms with E-state index >= 15 is 0 Å². The van der Waals surface area contributed by atoms with Crippen LogP contribution in [0.2, 0.25) is 10.0 Å². The standard InChI is InChI=1S/C13H11Cl2F3N2/c1-7(2)20-6-8(13(16,17)18)12(19-20)11-9(14)4-3-5-10(11)15/h3-7H,1-2H3. The van der Waals surface area contributed by atoms with E-state index in [-0.39, 0.29) is 27.3 Å². The van der Waals surface area contributed by atoms with Crippen molar-refractivity contribution in [3.05, 3.63) is 40.0 Å². The van der Waals surface area contributed by atoms with Crippen LogP contribution in [-0.2, 0) is 6.18 Å². The third kappa shape index (κ3) is 2.79. The molecule has 0 fully saturated rings. The molecule has 0 N–H and O–H groups in total. The lowest BCUT2D eigenvalue weighted by Gasteiger charge is -2.09. The van der Waals surface area contributed by atoms with Crippen LogP contribution in [0.3, 0.4) is 0 Å². The fourth-order valence-electron chi connectivity index (χ4n) is 1.77. The van der Waals surface area contributed by atoms with E-state index in [1.54, 1.807) is 19.9 Å². The van der Waals surface area contributed by atoms with E-state index in [9.17, 15) is 13.2 Å². The molecule has 108 valence electrons. The van der Waals surface area contributed by atoms with E-state index in [2.05, 4.69) is 5.10 Å². The molecule has 0 aliphatic carbocycles. The van der Waals surface area contributed by atoms with Gasteiger partial charge in [-0.25, -0.2) is 0 Å². The van der Waals surface area contributed by atoms with Gasteiger partial charge in [0.25, 0.3) is 0 Å². The molecule has 0 unspecified atom stereocenters. The van der Waals surface area contributed by atoms with Crippen LogP contribution in [-0.4, -0.2) is 9.78 Å². The highest BCUT2D eigenvalue weighted by Gasteiger charge is 2.37. The molecule has 2 aromatic rings. The third-order valence-corrected chi connectivity index (χ3v) is 3.40. The average molecular weight is 323 g/mol. The zero-order chi connectivity index (χ0) is 15.1. The zero-order valence-electron chi connectivity index (χ0n) is 10.7. The maximum absolute atomic E-state index is 13.1. The molecule has 0 bridgehead atoms. The number of benzene rings is 1. The number of nitrogens with zero attached hydrogens (tertiary/aromatic N) is 2. The predicted octanol–water partition coefficient (Wildman–Crippen LogP) is 5.46. The van der Waals surface area contributed by atoms with Crippen molar-refractivity contribution in [3.63, 3.8) is 0 Å². The maximum atomic E-state index is 13.1. The van der Waals surface area contributed by atoms with Crippen LogP contribution >= 0.6 is 23.2 Å². The van der Waals surface area contributed by atoms with E-state index in [1.165, 1.54) is 16.8 Å². The van der Waals surface area contributed by atoms with Crippen molar-refractivity contribution >= 4 is 23.2 Å². The second-order valence-corrected chi connectivity index (χ2v) is 5.37. The molecule has 0 amide bonds. The molecule has 0 radical (unpaired) electrons. The van der Waals surface area contributed by atoms with Crippen LogP contribution in [0.5, 0.6) is 0 Å². The van der Waals surface area contributed by atoms with Gasteiger partial charge in [0.05, 0.1) is 10.0 Å². The molecule has 0 saturated carbocycles. The van der Waals surface area contributed by atoms with Crippen LogP contribution in [0.4, 0.5) is 13.2 Å². The van der Waals surface area contributed by atoms with Crippen molar-refractivity contribution in [3.8, 4) is 11.3 Å². The van der Waals surface area contributed by atoms with Gasteiger partial charge in [0, 0.05) is 17.8 Å². The van der Waals surface area contributed by atoms with E-state index < -0.39 is 11.7 Å². The Morgan fingerprint density at radius 2 is 1.70 bits per heavy atom. The van der Waals surface area contributed by atoms with Crippen molar-refractivity contribution in [2.75, 3.05) is 0 Å². The fraction of sp³-hybridized carbons (Fsp3) is 0.308. The maximum Gasteiger partial charge on any atom is 0.420 e. The number of rotatable bonds is 2. The van der Waals surface area contributed by atoms with Crippen molar-refractivity contribution in [1.29, 1.82) is 0 Å². The first-order valence-electron chi connectivity index (χ1n) is 5.82.